The van der Waals surface area contributed by atoms with Crippen LogP contribution in [-0.4, -0.2) is 50.0 Å². The van der Waals surface area contributed by atoms with Crippen molar-refractivity contribution in [3.05, 3.63) is 78.2 Å². The molecule has 0 unspecified atom stereocenters. The molecule has 2 heterocycles. The molecule has 5 rings (SSSR count). The minimum absolute atomic E-state index is 0.172. The molecule has 3 aromatic carbocycles. The number of methoxy groups -OCH3 is 3. The monoisotopic (exact) mass is 628 g/mol. The number of amides is 3. The van der Waals surface area contributed by atoms with E-state index in [1.54, 1.807) is 36.4 Å². The van der Waals surface area contributed by atoms with Crippen LogP contribution in [0, 0.1) is 0 Å². The van der Waals surface area contributed by atoms with Crippen molar-refractivity contribution >= 4 is 81.4 Å². The predicted molar refractivity (Wildman–Crippen MR) is 149 cm³/mol. The number of hydrogen-bond donors (Lipinski definition) is 0. The number of ether oxygens (including phenoxy) is 3. The molecular formula is C26H17Cl5N2O6. The first-order chi connectivity index (χ1) is 18.6. The third-order valence-electron chi connectivity index (χ3n) is 6.61. The lowest BCUT2D eigenvalue weighted by atomic mass is 9.86. The van der Waals surface area contributed by atoms with E-state index in [4.69, 9.17) is 72.2 Å². The van der Waals surface area contributed by atoms with Crippen LogP contribution in [0.3, 0.4) is 0 Å². The Morgan fingerprint density at radius 3 is 1.56 bits per heavy atom. The number of carbonyl (C=O) groups excluding carboxylic acids is 3. The molecule has 1 fully saturated rings. The Hall–Kier alpha value is -2.88. The molecule has 0 saturated carbocycles. The van der Waals surface area contributed by atoms with Crippen LogP contribution < -0.4 is 19.1 Å². The zero-order valence-electron chi connectivity index (χ0n) is 20.4. The summed E-state index contributed by atoms with van der Waals surface area (Å²) < 4.78 is 16.4. The van der Waals surface area contributed by atoms with Gasteiger partial charge < -0.3 is 19.1 Å². The number of fused-ring (bicyclic) bond motifs is 1. The number of halogens is 5. The SMILES string of the molecule is COc1cc([C@@H]2[C@@H](N3C(=O)c4c(Cl)c(Cl)c(Cl)c(Cl)c4C3=O)C(=O)N2c2ccc(Cl)cc2)cc(OC)c1OC. The van der Waals surface area contributed by atoms with E-state index in [9.17, 15) is 14.4 Å². The molecule has 0 spiro atoms. The van der Waals surface area contributed by atoms with E-state index in [0.29, 0.717) is 33.5 Å². The fraction of sp³-hybridized carbons (Fsp3) is 0.192. The molecule has 1 saturated heterocycles. The van der Waals surface area contributed by atoms with Gasteiger partial charge in [0.15, 0.2) is 11.5 Å². The molecule has 2 atom stereocenters. The number of hydrogen-bond acceptors (Lipinski definition) is 6. The molecule has 3 amide bonds. The number of rotatable bonds is 6. The third kappa shape index (κ3) is 4.08. The van der Waals surface area contributed by atoms with Crippen molar-refractivity contribution in [1.82, 2.24) is 4.90 Å². The second-order valence-corrected chi connectivity index (χ2v) is 10.5. The van der Waals surface area contributed by atoms with Gasteiger partial charge in [0.05, 0.1) is 58.6 Å². The quantitative estimate of drug-likeness (QED) is 0.130. The van der Waals surface area contributed by atoms with Crippen LogP contribution in [0.25, 0.3) is 0 Å². The summed E-state index contributed by atoms with van der Waals surface area (Å²) in [6.45, 7) is 0. The summed E-state index contributed by atoms with van der Waals surface area (Å²) in [6.07, 6.45) is 0. The van der Waals surface area contributed by atoms with Gasteiger partial charge in [0.1, 0.15) is 6.04 Å². The number of carbonyl (C=O) groups is 3. The van der Waals surface area contributed by atoms with E-state index in [1.807, 2.05) is 0 Å². The van der Waals surface area contributed by atoms with Crippen LogP contribution >= 0.6 is 58.0 Å². The Morgan fingerprint density at radius 2 is 1.13 bits per heavy atom. The van der Waals surface area contributed by atoms with Gasteiger partial charge in [0.2, 0.25) is 5.75 Å². The molecule has 0 radical (unpaired) electrons. The van der Waals surface area contributed by atoms with E-state index < -0.39 is 29.8 Å². The largest absolute Gasteiger partial charge is 0.493 e. The molecule has 8 nitrogen and oxygen atoms in total. The molecule has 0 bridgehead atoms. The second-order valence-electron chi connectivity index (χ2n) is 8.52. The zero-order valence-corrected chi connectivity index (χ0v) is 24.1. The first kappa shape index (κ1) is 27.7. The summed E-state index contributed by atoms with van der Waals surface area (Å²) >= 11 is 31.0. The van der Waals surface area contributed by atoms with Gasteiger partial charge in [-0.25, -0.2) is 0 Å². The molecule has 202 valence electrons. The molecule has 39 heavy (non-hydrogen) atoms. The lowest BCUT2D eigenvalue weighted by molar-refractivity contribution is -0.130. The van der Waals surface area contributed by atoms with Crippen LogP contribution in [0.15, 0.2) is 36.4 Å². The van der Waals surface area contributed by atoms with Gasteiger partial charge in [-0.15, -0.1) is 0 Å². The molecule has 2 aliphatic heterocycles. The summed E-state index contributed by atoms with van der Waals surface area (Å²) in [6, 6.07) is 7.68. The fourth-order valence-corrected chi connectivity index (χ4v) is 5.98. The Morgan fingerprint density at radius 1 is 0.641 bits per heavy atom. The standard InChI is InChI=1S/C26H17Cl5N2O6/c1-37-13-8-10(9-14(38-2)23(13)39-3)21-22(26(36)32(21)12-6-4-11(27)5-7-12)33-24(34)15-16(25(33)35)18(29)20(31)19(30)17(15)28/h4-9,21-22H,1-3H3/t21-,22-/m1/s1. The van der Waals surface area contributed by atoms with E-state index in [2.05, 4.69) is 0 Å². The van der Waals surface area contributed by atoms with Crippen LogP contribution in [0.1, 0.15) is 32.3 Å². The van der Waals surface area contributed by atoms with Crippen LogP contribution in [0.5, 0.6) is 17.2 Å². The van der Waals surface area contributed by atoms with Gasteiger partial charge in [0, 0.05) is 10.7 Å². The van der Waals surface area contributed by atoms with E-state index in [1.165, 1.54) is 26.2 Å². The lowest BCUT2D eigenvalue weighted by Gasteiger charge is -2.49. The first-order valence-corrected chi connectivity index (χ1v) is 13.1. The minimum Gasteiger partial charge on any atom is -0.493 e. The number of anilines is 1. The van der Waals surface area contributed by atoms with Gasteiger partial charge in [-0.2, -0.15) is 0 Å². The maximum absolute atomic E-state index is 13.7. The minimum atomic E-state index is -1.28. The topological polar surface area (TPSA) is 85.4 Å². The molecule has 3 aromatic rings. The van der Waals surface area contributed by atoms with Gasteiger partial charge >= 0.3 is 0 Å². The van der Waals surface area contributed by atoms with E-state index in [0.717, 1.165) is 4.90 Å². The highest BCUT2D eigenvalue weighted by Crippen LogP contribution is 2.51. The second kappa shape index (κ2) is 10.3. The highest BCUT2D eigenvalue weighted by Gasteiger charge is 2.58. The maximum Gasteiger partial charge on any atom is 0.264 e. The van der Waals surface area contributed by atoms with Gasteiger partial charge in [-0.1, -0.05) is 58.0 Å². The Kier molecular flexibility index (Phi) is 7.28. The van der Waals surface area contributed by atoms with Gasteiger partial charge in [-0.3, -0.25) is 19.3 Å². The Labute approximate surface area is 247 Å². The van der Waals surface area contributed by atoms with Crippen molar-refractivity contribution in [3.63, 3.8) is 0 Å². The number of benzene rings is 3. The Balaban J connectivity index is 1.68. The van der Waals surface area contributed by atoms with Crippen LogP contribution in [0.2, 0.25) is 25.1 Å². The van der Waals surface area contributed by atoms with Crippen LogP contribution in [-0.2, 0) is 4.79 Å². The average Bonchev–Trinajstić information content (AvgIpc) is 3.19. The molecular weight excluding hydrogens is 614 g/mol. The number of imide groups is 1. The molecule has 0 aliphatic carbocycles. The average molecular weight is 631 g/mol. The summed E-state index contributed by atoms with van der Waals surface area (Å²) in [4.78, 5) is 43.3. The van der Waals surface area contributed by atoms with Gasteiger partial charge in [0.25, 0.3) is 17.7 Å². The highest BCUT2D eigenvalue weighted by atomic mass is 35.5. The van der Waals surface area contributed by atoms with E-state index >= 15 is 0 Å². The molecule has 0 N–H and O–H groups in total. The van der Waals surface area contributed by atoms with Crippen molar-refractivity contribution in [3.8, 4) is 17.2 Å². The summed E-state index contributed by atoms with van der Waals surface area (Å²) in [5.41, 5.74) is 0.539. The van der Waals surface area contributed by atoms with Crippen molar-refractivity contribution < 1.29 is 28.6 Å². The third-order valence-corrected chi connectivity index (χ3v) is 8.67. The molecule has 13 heteroatoms. The van der Waals surface area contributed by atoms with Gasteiger partial charge in [-0.05, 0) is 42.0 Å². The van der Waals surface area contributed by atoms with Crippen molar-refractivity contribution in [2.24, 2.45) is 0 Å². The first-order valence-electron chi connectivity index (χ1n) is 11.2. The van der Waals surface area contributed by atoms with Crippen molar-refractivity contribution in [2.75, 3.05) is 26.2 Å². The van der Waals surface area contributed by atoms with Crippen LogP contribution in [0.4, 0.5) is 5.69 Å². The normalized spacial score (nSPS) is 18.3. The maximum atomic E-state index is 13.7. The predicted octanol–water partition coefficient (Wildman–Crippen LogP) is 6.73. The van der Waals surface area contributed by atoms with Crippen molar-refractivity contribution in [1.29, 1.82) is 0 Å². The summed E-state index contributed by atoms with van der Waals surface area (Å²) in [5, 5.41) is -0.339. The summed E-state index contributed by atoms with van der Waals surface area (Å²) in [7, 11) is 4.35. The lowest BCUT2D eigenvalue weighted by Crippen LogP contribution is -2.67. The van der Waals surface area contributed by atoms with E-state index in [-0.39, 0.29) is 31.2 Å². The molecule has 0 aromatic heterocycles. The molecule has 2 aliphatic rings. The number of nitrogens with zero attached hydrogens (tertiary/aromatic N) is 2. The smallest absolute Gasteiger partial charge is 0.264 e. The summed E-state index contributed by atoms with van der Waals surface area (Å²) in [5.74, 6) is -1.23. The highest BCUT2D eigenvalue weighted by molar-refractivity contribution is 6.55. The Bertz CT molecular complexity index is 1490. The zero-order chi connectivity index (χ0) is 28.3. The fourth-order valence-electron chi connectivity index (χ4n) is 4.84. The van der Waals surface area contributed by atoms with Crippen molar-refractivity contribution in [2.45, 2.75) is 12.1 Å². The number of β-lactam (4-membered cyclic amide) rings is 1.